The van der Waals surface area contributed by atoms with Gasteiger partial charge in [0.05, 0.1) is 12.2 Å². The summed E-state index contributed by atoms with van der Waals surface area (Å²) in [4.78, 5) is 12.5. The molecule has 1 aliphatic heterocycles. The van der Waals surface area contributed by atoms with Gasteiger partial charge in [-0.1, -0.05) is 0 Å². The average molecular weight is 213 g/mol. The number of nitrogens with zero attached hydrogens (tertiary/aromatic N) is 1. The number of hydrogen-bond acceptors (Lipinski definition) is 2. The molecule has 1 aromatic rings. The third-order valence-electron chi connectivity index (χ3n) is 2.12. The quantitative estimate of drug-likeness (QED) is 0.716. The van der Waals surface area contributed by atoms with Crippen LogP contribution < -0.4 is 4.90 Å². The molecule has 0 aliphatic carbocycles. The lowest BCUT2D eigenvalue weighted by Gasteiger charge is -2.12. The maximum absolute atomic E-state index is 12.9. The van der Waals surface area contributed by atoms with Crippen molar-refractivity contribution in [3.63, 3.8) is 0 Å². The molecule has 1 aliphatic rings. The Hall–Kier alpha value is -1.65. The fourth-order valence-corrected chi connectivity index (χ4v) is 1.51. The summed E-state index contributed by atoms with van der Waals surface area (Å²) in [7, 11) is 0. The van der Waals surface area contributed by atoms with E-state index >= 15 is 0 Å². The van der Waals surface area contributed by atoms with Gasteiger partial charge >= 0.3 is 6.09 Å². The van der Waals surface area contributed by atoms with Gasteiger partial charge in [-0.15, -0.1) is 0 Å². The first-order valence-electron chi connectivity index (χ1n) is 4.50. The normalized spacial score (nSPS) is 20.6. The summed E-state index contributed by atoms with van der Waals surface area (Å²) in [5, 5.41) is 0. The topological polar surface area (TPSA) is 29.5 Å². The van der Waals surface area contributed by atoms with E-state index in [1.54, 1.807) is 6.92 Å². The number of carbonyl (C=O) groups is 1. The molecule has 3 nitrogen and oxygen atoms in total. The van der Waals surface area contributed by atoms with E-state index in [0.29, 0.717) is 6.54 Å². The molecular weight excluding hydrogens is 204 g/mol. The Morgan fingerprint density at radius 3 is 2.40 bits per heavy atom. The molecular formula is C10H9F2NO2. The van der Waals surface area contributed by atoms with Crippen molar-refractivity contribution in [3.05, 3.63) is 29.8 Å². The summed E-state index contributed by atoms with van der Waals surface area (Å²) in [5.74, 6) is -1.42. The van der Waals surface area contributed by atoms with E-state index in [1.807, 2.05) is 0 Å². The minimum Gasteiger partial charge on any atom is -0.444 e. The number of amides is 1. The van der Waals surface area contributed by atoms with Crippen LogP contribution in [0, 0.1) is 11.6 Å². The molecule has 1 aromatic carbocycles. The van der Waals surface area contributed by atoms with Crippen molar-refractivity contribution in [2.24, 2.45) is 0 Å². The predicted octanol–water partition coefficient (Wildman–Crippen LogP) is 2.31. The molecule has 0 bridgehead atoms. The predicted molar refractivity (Wildman–Crippen MR) is 49.6 cm³/mol. The van der Waals surface area contributed by atoms with Crippen molar-refractivity contribution in [2.75, 3.05) is 11.4 Å². The fourth-order valence-electron chi connectivity index (χ4n) is 1.51. The van der Waals surface area contributed by atoms with Gasteiger partial charge in [-0.3, -0.25) is 4.90 Å². The number of halogens is 2. The molecule has 0 spiro atoms. The summed E-state index contributed by atoms with van der Waals surface area (Å²) in [5.41, 5.74) is 0.182. The summed E-state index contributed by atoms with van der Waals surface area (Å²) < 4.78 is 30.6. The van der Waals surface area contributed by atoms with Crippen molar-refractivity contribution in [2.45, 2.75) is 13.0 Å². The van der Waals surface area contributed by atoms with E-state index in [2.05, 4.69) is 0 Å². The maximum atomic E-state index is 12.9. The Labute approximate surface area is 85.3 Å². The lowest BCUT2D eigenvalue weighted by molar-refractivity contribution is 0.150. The molecule has 0 N–H and O–H groups in total. The van der Waals surface area contributed by atoms with Crippen LogP contribution in [-0.4, -0.2) is 18.7 Å². The Morgan fingerprint density at radius 1 is 1.33 bits per heavy atom. The number of hydrogen-bond donors (Lipinski definition) is 0. The first-order chi connectivity index (χ1) is 7.06. The van der Waals surface area contributed by atoms with Gasteiger partial charge in [0.25, 0.3) is 0 Å². The largest absolute Gasteiger partial charge is 0.444 e. The average Bonchev–Trinajstić information content (AvgIpc) is 2.43. The zero-order valence-electron chi connectivity index (χ0n) is 8.04. The van der Waals surface area contributed by atoms with Crippen LogP contribution in [0.2, 0.25) is 0 Å². The second kappa shape index (κ2) is 3.49. The van der Waals surface area contributed by atoms with E-state index in [0.717, 1.165) is 18.2 Å². The summed E-state index contributed by atoms with van der Waals surface area (Å²) >= 11 is 0. The third kappa shape index (κ3) is 1.91. The summed E-state index contributed by atoms with van der Waals surface area (Å²) in [6, 6.07) is 2.96. The zero-order valence-corrected chi connectivity index (χ0v) is 8.04. The van der Waals surface area contributed by atoms with Gasteiger partial charge < -0.3 is 4.74 Å². The Bertz CT molecular complexity index is 388. The summed E-state index contributed by atoms with van der Waals surface area (Å²) in [6.07, 6.45) is -0.837. The molecule has 1 amide bonds. The number of benzene rings is 1. The fraction of sp³-hybridized carbons (Fsp3) is 0.300. The molecule has 1 heterocycles. The Kier molecular flexibility index (Phi) is 2.30. The van der Waals surface area contributed by atoms with Gasteiger partial charge in [-0.05, 0) is 19.1 Å². The van der Waals surface area contributed by atoms with E-state index in [4.69, 9.17) is 4.74 Å². The number of anilines is 1. The van der Waals surface area contributed by atoms with Crippen molar-refractivity contribution in [1.82, 2.24) is 0 Å². The van der Waals surface area contributed by atoms with E-state index in [9.17, 15) is 13.6 Å². The lowest BCUT2D eigenvalue weighted by Crippen LogP contribution is -2.24. The Morgan fingerprint density at radius 2 is 1.93 bits per heavy atom. The minimum absolute atomic E-state index is 0.182. The molecule has 0 saturated carbocycles. The Balaban J connectivity index is 2.33. The van der Waals surface area contributed by atoms with Crippen LogP contribution in [0.1, 0.15) is 6.92 Å². The molecule has 0 radical (unpaired) electrons. The molecule has 0 aromatic heterocycles. The van der Waals surface area contributed by atoms with Crippen LogP contribution in [0.15, 0.2) is 18.2 Å². The molecule has 80 valence electrons. The molecule has 1 saturated heterocycles. The number of rotatable bonds is 1. The standard InChI is InChI=1S/C10H9F2NO2/c1-6-5-13(10(14)15-6)9-3-7(11)2-8(12)4-9/h2-4,6H,5H2,1H3/t6-/m1/s1. The van der Waals surface area contributed by atoms with Crippen LogP contribution >= 0.6 is 0 Å². The van der Waals surface area contributed by atoms with Gasteiger partial charge in [-0.2, -0.15) is 0 Å². The first kappa shape index (κ1) is 9.89. The molecule has 2 rings (SSSR count). The number of cyclic esters (lactones) is 1. The van der Waals surface area contributed by atoms with E-state index in [-0.39, 0.29) is 11.8 Å². The SMILES string of the molecule is C[C@@H]1CN(c2cc(F)cc(F)c2)C(=O)O1. The highest BCUT2D eigenvalue weighted by Crippen LogP contribution is 2.23. The van der Waals surface area contributed by atoms with Gasteiger partial charge in [-0.25, -0.2) is 13.6 Å². The molecule has 1 fully saturated rings. The van der Waals surface area contributed by atoms with Crippen LogP contribution in [0.25, 0.3) is 0 Å². The highest BCUT2D eigenvalue weighted by atomic mass is 19.1. The van der Waals surface area contributed by atoms with Crippen LogP contribution in [0.5, 0.6) is 0 Å². The summed E-state index contributed by atoms with van der Waals surface area (Å²) in [6.45, 7) is 2.02. The van der Waals surface area contributed by atoms with Crippen molar-refractivity contribution >= 4 is 11.8 Å². The molecule has 5 heteroatoms. The smallest absolute Gasteiger partial charge is 0.414 e. The molecule has 15 heavy (non-hydrogen) atoms. The minimum atomic E-state index is -0.711. The lowest BCUT2D eigenvalue weighted by atomic mass is 10.2. The monoisotopic (exact) mass is 213 g/mol. The zero-order chi connectivity index (χ0) is 11.0. The maximum Gasteiger partial charge on any atom is 0.414 e. The third-order valence-corrected chi connectivity index (χ3v) is 2.12. The molecule has 0 unspecified atom stereocenters. The number of carbonyl (C=O) groups excluding carboxylic acids is 1. The second-order valence-electron chi connectivity index (χ2n) is 3.43. The van der Waals surface area contributed by atoms with E-state index < -0.39 is 17.7 Å². The van der Waals surface area contributed by atoms with E-state index in [1.165, 1.54) is 4.90 Å². The van der Waals surface area contributed by atoms with Crippen molar-refractivity contribution in [3.8, 4) is 0 Å². The highest BCUT2D eigenvalue weighted by molar-refractivity contribution is 5.89. The van der Waals surface area contributed by atoms with Crippen molar-refractivity contribution in [1.29, 1.82) is 0 Å². The second-order valence-corrected chi connectivity index (χ2v) is 3.43. The van der Waals surface area contributed by atoms with Crippen LogP contribution in [0.3, 0.4) is 0 Å². The van der Waals surface area contributed by atoms with Crippen LogP contribution in [-0.2, 0) is 4.74 Å². The molecule has 1 atom stereocenters. The van der Waals surface area contributed by atoms with Gasteiger partial charge in [0.1, 0.15) is 17.7 Å². The van der Waals surface area contributed by atoms with Gasteiger partial charge in [0, 0.05) is 6.07 Å². The van der Waals surface area contributed by atoms with Gasteiger partial charge in [0.15, 0.2) is 0 Å². The van der Waals surface area contributed by atoms with Crippen molar-refractivity contribution < 1.29 is 18.3 Å². The van der Waals surface area contributed by atoms with Gasteiger partial charge in [0.2, 0.25) is 0 Å². The highest BCUT2D eigenvalue weighted by Gasteiger charge is 2.29. The van der Waals surface area contributed by atoms with Crippen LogP contribution in [0.4, 0.5) is 19.3 Å². The number of ether oxygens (including phenoxy) is 1. The first-order valence-corrected chi connectivity index (χ1v) is 4.50.